The summed E-state index contributed by atoms with van der Waals surface area (Å²) >= 11 is 3.56. The highest BCUT2D eigenvalue weighted by Gasteiger charge is 2.18. The molecule has 0 bridgehead atoms. The molecule has 0 aliphatic carbocycles. The molecule has 3 rings (SSSR count). The Hall–Kier alpha value is -0.870. The first kappa shape index (κ1) is 13.1. The molecule has 3 nitrogen and oxygen atoms in total. The van der Waals surface area contributed by atoms with Crippen molar-refractivity contribution in [3.8, 4) is 0 Å². The number of rotatable bonds is 2. The van der Waals surface area contributed by atoms with Crippen LogP contribution in [-0.2, 0) is 13.5 Å². The van der Waals surface area contributed by atoms with Crippen LogP contribution in [0.3, 0.4) is 0 Å². The maximum atomic E-state index is 4.83. The van der Waals surface area contributed by atoms with Gasteiger partial charge in [0, 0.05) is 17.9 Å². The third-order valence-electron chi connectivity index (χ3n) is 4.09. The van der Waals surface area contributed by atoms with Crippen LogP contribution in [-0.4, -0.2) is 22.6 Å². The summed E-state index contributed by atoms with van der Waals surface area (Å²) in [6.07, 6.45) is 3.69. The molecular formula is C15H20BrN3. The monoisotopic (exact) mass is 321 g/mol. The van der Waals surface area contributed by atoms with Gasteiger partial charge in [-0.2, -0.15) is 0 Å². The Labute approximate surface area is 122 Å². The molecular weight excluding hydrogens is 302 g/mol. The van der Waals surface area contributed by atoms with Gasteiger partial charge in [0.1, 0.15) is 5.82 Å². The van der Waals surface area contributed by atoms with Crippen LogP contribution in [0.15, 0.2) is 16.6 Å². The molecule has 0 spiro atoms. The molecule has 1 aliphatic rings. The maximum Gasteiger partial charge on any atom is 0.109 e. The number of halogens is 1. The standard InChI is InChI=1S/C15H20BrN3/c1-10-6-12(16)8-13-15(10)19(2)14(18-13)7-11-4-3-5-17-9-11/h6,8,11,17H,3-5,7,9H2,1-2H3. The second-order valence-corrected chi connectivity index (χ2v) is 6.51. The number of hydrogen-bond acceptors (Lipinski definition) is 2. The van der Waals surface area contributed by atoms with Crippen LogP contribution in [0.25, 0.3) is 11.0 Å². The van der Waals surface area contributed by atoms with Crippen LogP contribution in [0.1, 0.15) is 24.2 Å². The number of piperidine rings is 1. The zero-order valence-electron chi connectivity index (χ0n) is 11.5. The van der Waals surface area contributed by atoms with Crippen molar-refractivity contribution in [3.05, 3.63) is 28.0 Å². The van der Waals surface area contributed by atoms with Crippen LogP contribution in [0.4, 0.5) is 0 Å². The van der Waals surface area contributed by atoms with Gasteiger partial charge >= 0.3 is 0 Å². The van der Waals surface area contributed by atoms with E-state index >= 15 is 0 Å². The second kappa shape index (κ2) is 5.25. The Morgan fingerprint density at radius 1 is 1.47 bits per heavy atom. The van der Waals surface area contributed by atoms with E-state index < -0.39 is 0 Å². The predicted molar refractivity (Wildman–Crippen MR) is 82.4 cm³/mol. The molecule has 0 saturated carbocycles. The topological polar surface area (TPSA) is 29.9 Å². The van der Waals surface area contributed by atoms with Crippen molar-refractivity contribution in [2.75, 3.05) is 13.1 Å². The molecule has 1 aliphatic heterocycles. The van der Waals surface area contributed by atoms with Gasteiger partial charge in [-0.05, 0) is 56.5 Å². The number of fused-ring (bicyclic) bond motifs is 1. The minimum absolute atomic E-state index is 0.730. The summed E-state index contributed by atoms with van der Waals surface area (Å²) in [5.41, 5.74) is 3.66. The Balaban J connectivity index is 1.95. The number of aromatic nitrogens is 2. The van der Waals surface area contributed by atoms with Crippen molar-refractivity contribution in [2.45, 2.75) is 26.2 Å². The molecule has 1 fully saturated rings. The van der Waals surface area contributed by atoms with Crippen molar-refractivity contribution in [2.24, 2.45) is 13.0 Å². The lowest BCUT2D eigenvalue weighted by atomic mass is 9.96. The number of imidazole rings is 1. The zero-order chi connectivity index (χ0) is 13.4. The highest BCUT2D eigenvalue weighted by atomic mass is 79.9. The van der Waals surface area contributed by atoms with Crippen LogP contribution in [0, 0.1) is 12.8 Å². The van der Waals surface area contributed by atoms with Gasteiger partial charge in [-0.25, -0.2) is 4.98 Å². The molecule has 1 N–H and O–H groups in total. The lowest BCUT2D eigenvalue weighted by molar-refractivity contribution is 0.368. The van der Waals surface area contributed by atoms with Gasteiger partial charge in [0.15, 0.2) is 0 Å². The van der Waals surface area contributed by atoms with Gasteiger partial charge in [0.2, 0.25) is 0 Å². The largest absolute Gasteiger partial charge is 0.331 e. The van der Waals surface area contributed by atoms with Crippen molar-refractivity contribution in [1.29, 1.82) is 0 Å². The fourth-order valence-corrected chi connectivity index (χ4v) is 3.68. The Morgan fingerprint density at radius 3 is 3.05 bits per heavy atom. The molecule has 1 aromatic carbocycles. The third kappa shape index (κ3) is 2.56. The van der Waals surface area contributed by atoms with E-state index in [-0.39, 0.29) is 0 Å². The Morgan fingerprint density at radius 2 is 2.32 bits per heavy atom. The quantitative estimate of drug-likeness (QED) is 0.920. The van der Waals surface area contributed by atoms with E-state index in [0.717, 1.165) is 28.9 Å². The molecule has 1 aromatic heterocycles. The van der Waals surface area contributed by atoms with Crippen molar-refractivity contribution in [3.63, 3.8) is 0 Å². The number of hydrogen-bond donors (Lipinski definition) is 1. The predicted octanol–water partition coefficient (Wildman–Crippen LogP) is 3.19. The first-order valence-electron chi connectivity index (χ1n) is 6.97. The average Bonchev–Trinajstić information content (AvgIpc) is 2.67. The smallest absolute Gasteiger partial charge is 0.109 e. The van der Waals surface area contributed by atoms with Gasteiger partial charge in [-0.3, -0.25) is 0 Å². The molecule has 2 aromatic rings. The Bertz CT molecular complexity index is 597. The minimum atomic E-state index is 0.730. The lowest BCUT2D eigenvalue weighted by Crippen LogP contribution is -2.31. The molecule has 4 heteroatoms. The van der Waals surface area contributed by atoms with Crippen LogP contribution in [0.5, 0.6) is 0 Å². The van der Waals surface area contributed by atoms with Gasteiger partial charge < -0.3 is 9.88 Å². The highest BCUT2D eigenvalue weighted by Crippen LogP contribution is 2.26. The van der Waals surface area contributed by atoms with E-state index in [4.69, 9.17) is 4.98 Å². The normalized spacial score (nSPS) is 20.1. The zero-order valence-corrected chi connectivity index (χ0v) is 13.1. The van der Waals surface area contributed by atoms with Gasteiger partial charge in [-0.15, -0.1) is 0 Å². The number of nitrogens with zero attached hydrogens (tertiary/aromatic N) is 2. The molecule has 1 saturated heterocycles. The molecule has 1 unspecified atom stereocenters. The van der Waals surface area contributed by atoms with Crippen LogP contribution in [0.2, 0.25) is 0 Å². The fraction of sp³-hybridized carbons (Fsp3) is 0.533. The minimum Gasteiger partial charge on any atom is -0.331 e. The maximum absolute atomic E-state index is 4.83. The molecule has 0 radical (unpaired) electrons. The van der Waals surface area contributed by atoms with Crippen molar-refractivity contribution in [1.82, 2.24) is 14.9 Å². The fourth-order valence-electron chi connectivity index (χ4n) is 3.12. The summed E-state index contributed by atoms with van der Waals surface area (Å²) in [6, 6.07) is 4.28. The van der Waals surface area contributed by atoms with E-state index in [9.17, 15) is 0 Å². The molecule has 19 heavy (non-hydrogen) atoms. The van der Waals surface area contributed by atoms with Gasteiger partial charge in [0.05, 0.1) is 11.0 Å². The van der Waals surface area contributed by atoms with E-state index in [2.05, 4.69) is 51.9 Å². The van der Waals surface area contributed by atoms with Gasteiger partial charge in [-0.1, -0.05) is 15.9 Å². The highest BCUT2D eigenvalue weighted by molar-refractivity contribution is 9.10. The molecule has 102 valence electrons. The summed E-state index contributed by atoms with van der Waals surface area (Å²) in [6.45, 7) is 4.46. The summed E-state index contributed by atoms with van der Waals surface area (Å²) < 4.78 is 3.38. The van der Waals surface area contributed by atoms with E-state index in [1.54, 1.807) is 0 Å². The average molecular weight is 322 g/mol. The lowest BCUT2D eigenvalue weighted by Gasteiger charge is -2.22. The van der Waals surface area contributed by atoms with Gasteiger partial charge in [0.25, 0.3) is 0 Å². The summed E-state index contributed by atoms with van der Waals surface area (Å²) in [5, 5.41) is 3.48. The first-order valence-corrected chi connectivity index (χ1v) is 7.76. The second-order valence-electron chi connectivity index (χ2n) is 5.59. The summed E-state index contributed by atoms with van der Waals surface area (Å²) in [5.74, 6) is 1.94. The van der Waals surface area contributed by atoms with Crippen molar-refractivity contribution >= 4 is 27.0 Å². The Kier molecular flexibility index (Phi) is 3.63. The third-order valence-corrected chi connectivity index (χ3v) is 4.55. The molecule has 0 amide bonds. The van der Waals surface area contributed by atoms with Crippen LogP contribution < -0.4 is 5.32 Å². The van der Waals surface area contributed by atoms with Crippen molar-refractivity contribution < 1.29 is 0 Å². The molecule has 1 atom stereocenters. The number of benzene rings is 1. The van der Waals surface area contributed by atoms with Crippen LogP contribution >= 0.6 is 15.9 Å². The first-order chi connectivity index (χ1) is 9.15. The molecule has 2 heterocycles. The van der Waals surface area contributed by atoms with E-state index in [1.807, 2.05) is 0 Å². The number of nitrogens with one attached hydrogen (secondary N) is 1. The summed E-state index contributed by atoms with van der Waals surface area (Å²) in [7, 11) is 2.14. The summed E-state index contributed by atoms with van der Waals surface area (Å²) in [4.78, 5) is 4.83. The number of aryl methyl sites for hydroxylation is 2. The van der Waals surface area contributed by atoms with E-state index in [0.29, 0.717) is 0 Å². The SMILES string of the molecule is Cc1cc(Br)cc2nc(CC3CCCNC3)n(C)c12. The van der Waals surface area contributed by atoms with E-state index in [1.165, 1.54) is 36.3 Å².